The summed E-state index contributed by atoms with van der Waals surface area (Å²) in [5.41, 5.74) is 6.17. The minimum Gasteiger partial charge on any atom is -0.481 e. The van der Waals surface area contributed by atoms with Crippen molar-refractivity contribution >= 4 is 37.5 Å². The van der Waals surface area contributed by atoms with Crippen molar-refractivity contribution in [1.29, 1.82) is 0 Å². The average Bonchev–Trinajstić information content (AvgIpc) is 3.36. The molecule has 0 radical (unpaired) electrons. The molecule has 0 bridgehead atoms. The zero-order chi connectivity index (χ0) is 54.1. The first-order valence-corrected chi connectivity index (χ1v) is 28.2. The van der Waals surface area contributed by atoms with Gasteiger partial charge in [0.15, 0.2) is 6.10 Å². The number of aliphatic hydroxyl groups is 6. The molecule has 1 saturated carbocycles. The van der Waals surface area contributed by atoms with Crippen LogP contribution in [0.15, 0.2) is 109 Å². The van der Waals surface area contributed by atoms with Crippen molar-refractivity contribution in [2.45, 2.75) is 190 Å². The predicted octanol–water partition coefficient (Wildman–Crippen LogP) is 7.70. The quantitative estimate of drug-likeness (QED) is 0.00931. The minimum atomic E-state index is -5.28. The second-order valence-corrected chi connectivity index (χ2v) is 20.1. The Bertz CT molecular complexity index is 1820. The Labute approximate surface area is 437 Å². The maximum absolute atomic E-state index is 13.1. The number of thioether (sulfide) groups is 1. The van der Waals surface area contributed by atoms with Gasteiger partial charge < -0.3 is 55.8 Å². The molecule has 0 aromatic carbocycles. The van der Waals surface area contributed by atoms with Crippen molar-refractivity contribution in [2.24, 2.45) is 5.73 Å². The molecule has 3 unspecified atom stereocenters. The van der Waals surface area contributed by atoms with Gasteiger partial charge in [-0.3, -0.25) is 23.4 Å². The Morgan fingerprint density at radius 1 is 0.630 bits per heavy atom. The number of phosphoric acid groups is 1. The highest BCUT2D eigenvalue weighted by molar-refractivity contribution is 8.00. The summed E-state index contributed by atoms with van der Waals surface area (Å²) in [5.74, 6) is -2.81. The first-order valence-electron chi connectivity index (χ1n) is 25.6. The van der Waals surface area contributed by atoms with Crippen LogP contribution >= 0.6 is 19.6 Å². The van der Waals surface area contributed by atoms with Crippen molar-refractivity contribution in [3.8, 4) is 0 Å². The molecule has 0 heterocycles. The number of aliphatic hydroxyl groups excluding tert-OH is 6. The highest BCUT2D eigenvalue weighted by atomic mass is 32.2. The van der Waals surface area contributed by atoms with Crippen molar-refractivity contribution in [3.05, 3.63) is 109 Å². The molecule has 19 heteroatoms. The van der Waals surface area contributed by atoms with Gasteiger partial charge in [-0.1, -0.05) is 149 Å². The number of carboxylic acids is 1. The summed E-state index contributed by atoms with van der Waals surface area (Å²) in [6, 6.07) is -1.28. The maximum Gasteiger partial charge on any atom is 0.472 e. The van der Waals surface area contributed by atoms with Gasteiger partial charge in [-0.05, 0) is 77.0 Å². The molecule has 0 aliphatic heterocycles. The first-order chi connectivity index (χ1) is 35.0. The molecular formula is C54H86NO16PS. The Hall–Kier alpha value is -3.75. The van der Waals surface area contributed by atoms with Crippen molar-refractivity contribution in [1.82, 2.24) is 0 Å². The summed E-state index contributed by atoms with van der Waals surface area (Å²) in [6.07, 6.45) is 34.6. The molecule has 11 atom stereocenters. The number of hydrogen-bond donors (Lipinski definition) is 9. The smallest absolute Gasteiger partial charge is 0.472 e. The molecular weight excluding hydrogens is 982 g/mol. The fraction of sp³-hybridized carbons (Fsp3) is 0.611. The van der Waals surface area contributed by atoms with Crippen LogP contribution in [-0.2, 0) is 37.5 Å². The van der Waals surface area contributed by atoms with Gasteiger partial charge in [0.2, 0.25) is 0 Å². The Balaban J connectivity index is 2.90. The number of hydrogen-bond acceptors (Lipinski definition) is 16. The van der Waals surface area contributed by atoms with Gasteiger partial charge in [0.25, 0.3) is 0 Å². The number of carbonyl (C=O) groups is 3. The van der Waals surface area contributed by atoms with Crippen LogP contribution in [0.4, 0.5) is 0 Å². The summed E-state index contributed by atoms with van der Waals surface area (Å²) in [4.78, 5) is 47.6. The van der Waals surface area contributed by atoms with Gasteiger partial charge in [-0.15, -0.1) is 11.8 Å². The summed E-state index contributed by atoms with van der Waals surface area (Å²) < 4.78 is 33.6. The summed E-state index contributed by atoms with van der Waals surface area (Å²) in [7, 11) is -5.28. The van der Waals surface area contributed by atoms with Crippen LogP contribution in [0.2, 0.25) is 0 Å². The van der Waals surface area contributed by atoms with Crippen LogP contribution in [0.5, 0.6) is 0 Å². The Morgan fingerprint density at radius 3 is 1.66 bits per heavy atom. The number of esters is 2. The van der Waals surface area contributed by atoms with E-state index in [1.54, 1.807) is 24.3 Å². The number of nitrogens with two attached hydrogens (primary N) is 1. The summed E-state index contributed by atoms with van der Waals surface area (Å²) in [5, 5.41) is 69.9. The van der Waals surface area contributed by atoms with Crippen LogP contribution < -0.4 is 5.73 Å². The fourth-order valence-electron chi connectivity index (χ4n) is 6.83. The van der Waals surface area contributed by atoms with Gasteiger partial charge >= 0.3 is 25.7 Å². The molecule has 0 aromatic rings. The third-order valence-corrected chi connectivity index (χ3v) is 13.5. The summed E-state index contributed by atoms with van der Waals surface area (Å²) in [6.45, 7) is 2.73. The lowest BCUT2D eigenvalue weighted by Gasteiger charge is -2.41. The first kappa shape index (κ1) is 67.3. The van der Waals surface area contributed by atoms with Crippen LogP contribution in [0.3, 0.4) is 0 Å². The van der Waals surface area contributed by atoms with Crippen LogP contribution in [-0.4, -0.2) is 138 Å². The fourth-order valence-corrected chi connectivity index (χ4v) is 8.93. The van der Waals surface area contributed by atoms with E-state index in [2.05, 4.69) is 62.5 Å². The number of rotatable bonds is 41. The zero-order valence-corrected chi connectivity index (χ0v) is 44.5. The largest absolute Gasteiger partial charge is 0.481 e. The van der Waals surface area contributed by atoms with Gasteiger partial charge in [0.05, 0.1) is 12.7 Å². The number of carboxylic acid groups (broad SMARTS) is 1. The molecule has 1 aliphatic rings. The van der Waals surface area contributed by atoms with E-state index in [1.165, 1.54) is 38.5 Å². The van der Waals surface area contributed by atoms with Gasteiger partial charge in [-0.25, -0.2) is 4.57 Å². The summed E-state index contributed by atoms with van der Waals surface area (Å²) >= 11 is 1.13. The second-order valence-electron chi connectivity index (χ2n) is 17.5. The van der Waals surface area contributed by atoms with E-state index < -0.39 is 99.1 Å². The molecule has 10 N–H and O–H groups in total. The number of carbonyl (C=O) groups excluding carboxylic acids is 2. The van der Waals surface area contributed by atoms with E-state index >= 15 is 0 Å². The lowest BCUT2D eigenvalue weighted by Crippen LogP contribution is -2.64. The number of phosphoric ester groups is 1. The normalized spacial score (nSPS) is 22.5. The molecule has 1 rings (SSSR count). The molecule has 0 saturated heterocycles. The van der Waals surface area contributed by atoms with Crippen LogP contribution in [0, 0.1) is 0 Å². The van der Waals surface area contributed by atoms with Gasteiger partial charge in [0.1, 0.15) is 49.3 Å². The Kier molecular flexibility index (Phi) is 39.1. The SMILES string of the molecule is CCCCC/C=C\C\C=C/C=C/C=C/[C@@H](SC[C@H](N)C(=O)OC[C@H](COP(=O)(O)OC1[C@H](O)[C@H](O)C(O)[C@H](O)[C@H]1O)OC(=O)CC/C=C\C/C=C\C/C=C\C/C=C\C/C=C\CCCCC)[C@@H](O)CCCC(=O)O. The lowest BCUT2D eigenvalue weighted by atomic mass is 9.85. The molecule has 73 heavy (non-hydrogen) atoms. The van der Waals surface area contributed by atoms with Crippen LogP contribution in [0.1, 0.15) is 129 Å². The molecule has 1 fully saturated rings. The van der Waals surface area contributed by atoms with Gasteiger partial charge in [0, 0.05) is 23.8 Å². The molecule has 0 aromatic heterocycles. The molecule has 17 nitrogen and oxygen atoms in total. The lowest BCUT2D eigenvalue weighted by molar-refractivity contribution is -0.220. The van der Waals surface area contributed by atoms with E-state index in [4.69, 9.17) is 29.4 Å². The average molecular weight is 1070 g/mol. The molecule has 0 amide bonds. The van der Waals surface area contributed by atoms with E-state index in [-0.39, 0.29) is 37.9 Å². The number of ether oxygens (including phenoxy) is 2. The van der Waals surface area contributed by atoms with Crippen molar-refractivity contribution in [3.63, 3.8) is 0 Å². The number of unbranched alkanes of at least 4 members (excludes halogenated alkanes) is 6. The number of aliphatic carboxylic acids is 1. The highest BCUT2D eigenvalue weighted by Crippen LogP contribution is 2.47. The van der Waals surface area contributed by atoms with Gasteiger partial charge in [-0.2, -0.15) is 0 Å². The maximum atomic E-state index is 13.1. The van der Waals surface area contributed by atoms with E-state index in [0.717, 1.165) is 50.3 Å². The van der Waals surface area contributed by atoms with E-state index in [1.807, 2.05) is 36.5 Å². The molecule has 1 aliphatic carbocycles. The molecule has 414 valence electrons. The van der Waals surface area contributed by atoms with E-state index in [0.29, 0.717) is 6.42 Å². The zero-order valence-electron chi connectivity index (χ0n) is 42.8. The topological polar surface area (TPSA) is 293 Å². The van der Waals surface area contributed by atoms with Crippen LogP contribution in [0.25, 0.3) is 0 Å². The second kappa shape index (κ2) is 42.5. The standard InChI is InChI=1S/C54H86NO16PS/c1-3-5-7-9-11-13-15-17-18-19-20-21-22-23-25-27-29-31-33-38-47(59)70-42(40-69-72(66,67)71-53-51(63)49(61)48(60)50(62)52(53)64)39-68-54(65)43(55)41-73-45(44(56)35-34-37-46(57)58)36-32-30-28-26-24-16-14-12-10-8-6-4-2/h11-14,17-18,20-21,23-26,28-32,36,42-45,48-53,56,60-64H,3-10,15-16,19,22,27,33-35,37-41,55H2,1-2H3,(H,57,58)(H,66,67)/b13-11-,14-12-,18-17-,21-20-,25-23-,26-24-,30-28+,31-29-,36-32+/t42-,43+,44+,45-,48?,49-,50+,51-,52-,53?/m1/s1. The molecule has 0 spiro atoms. The number of allylic oxidation sites excluding steroid dienone is 17. The van der Waals surface area contributed by atoms with E-state index in [9.17, 15) is 54.5 Å². The predicted molar refractivity (Wildman–Crippen MR) is 286 cm³/mol. The highest BCUT2D eigenvalue weighted by Gasteiger charge is 2.51. The van der Waals surface area contributed by atoms with Crippen molar-refractivity contribution < 1.29 is 78.1 Å². The Morgan fingerprint density at radius 2 is 1.12 bits per heavy atom. The monoisotopic (exact) mass is 1070 g/mol. The van der Waals surface area contributed by atoms with Crippen molar-refractivity contribution in [2.75, 3.05) is 19.0 Å². The third-order valence-electron chi connectivity index (χ3n) is 11.1. The third kappa shape index (κ3) is 33.7. The minimum absolute atomic E-state index is 0.0650.